The smallest absolute Gasteiger partial charge is 0.191 e. The lowest BCUT2D eigenvalue weighted by atomic mass is 10.1. The predicted molar refractivity (Wildman–Crippen MR) is 121 cm³/mol. The van der Waals surface area contributed by atoms with Crippen molar-refractivity contribution < 1.29 is 4.74 Å². The Morgan fingerprint density at radius 1 is 1.15 bits per heavy atom. The largest absolute Gasteiger partial charge is 0.380 e. The second-order valence-corrected chi connectivity index (χ2v) is 7.32. The molecule has 0 spiro atoms. The molecule has 0 bridgehead atoms. The summed E-state index contributed by atoms with van der Waals surface area (Å²) in [6.07, 6.45) is 7.93. The number of fused-ring (bicyclic) bond motifs is 1. The Hall–Kier alpha value is -0.900. The van der Waals surface area contributed by atoms with Crippen molar-refractivity contribution in [1.29, 1.82) is 0 Å². The first-order chi connectivity index (χ1) is 12.7. The van der Waals surface area contributed by atoms with Crippen LogP contribution in [0.2, 0.25) is 0 Å². The Morgan fingerprint density at radius 3 is 2.74 bits per heavy atom. The van der Waals surface area contributed by atoms with Crippen LogP contribution in [-0.4, -0.2) is 54.1 Å². The van der Waals surface area contributed by atoms with Crippen molar-refractivity contribution in [1.82, 2.24) is 25.4 Å². The second-order valence-electron chi connectivity index (χ2n) is 7.32. The molecule has 27 heavy (non-hydrogen) atoms. The molecule has 0 unspecified atom stereocenters. The van der Waals surface area contributed by atoms with Crippen LogP contribution < -0.4 is 10.6 Å². The Balaban J connectivity index is 0.00000364. The van der Waals surface area contributed by atoms with Gasteiger partial charge in [0.1, 0.15) is 11.6 Å². The van der Waals surface area contributed by atoms with Gasteiger partial charge in [-0.15, -0.1) is 34.2 Å². The van der Waals surface area contributed by atoms with E-state index in [0.29, 0.717) is 12.5 Å². The summed E-state index contributed by atoms with van der Waals surface area (Å²) in [5, 5.41) is 15.4. The zero-order valence-corrected chi connectivity index (χ0v) is 19.5. The van der Waals surface area contributed by atoms with E-state index >= 15 is 0 Å². The molecule has 2 rings (SSSR count). The van der Waals surface area contributed by atoms with Gasteiger partial charge < -0.3 is 19.9 Å². The summed E-state index contributed by atoms with van der Waals surface area (Å²) in [4.78, 5) is 4.26. The van der Waals surface area contributed by atoms with Gasteiger partial charge in [-0.25, -0.2) is 0 Å². The van der Waals surface area contributed by atoms with Crippen molar-refractivity contribution in [3.8, 4) is 0 Å². The fourth-order valence-electron chi connectivity index (χ4n) is 3.07. The average Bonchev–Trinajstić information content (AvgIpc) is 2.86. The molecule has 1 aliphatic heterocycles. The summed E-state index contributed by atoms with van der Waals surface area (Å²) in [7, 11) is 1.80. The van der Waals surface area contributed by atoms with Gasteiger partial charge in [0.2, 0.25) is 0 Å². The van der Waals surface area contributed by atoms with Crippen LogP contribution in [0.3, 0.4) is 0 Å². The summed E-state index contributed by atoms with van der Waals surface area (Å²) in [5.41, 5.74) is 0. The molecule has 0 atom stereocenters. The monoisotopic (exact) mass is 492 g/mol. The van der Waals surface area contributed by atoms with Crippen molar-refractivity contribution in [2.24, 2.45) is 10.9 Å². The number of hydrogen-bond acceptors (Lipinski definition) is 4. The maximum atomic E-state index is 5.61. The lowest BCUT2D eigenvalue weighted by Gasteiger charge is -2.12. The van der Waals surface area contributed by atoms with Crippen LogP contribution in [-0.2, 0) is 24.1 Å². The first-order valence-corrected chi connectivity index (χ1v) is 10.1. The number of ether oxygens (including phenoxy) is 1. The fraction of sp³-hybridized carbons (Fsp3) is 0.842. The number of aromatic nitrogens is 3. The summed E-state index contributed by atoms with van der Waals surface area (Å²) in [6, 6.07) is 0. The summed E-state index contributed by atoms with van der Waals surface area (Å²) >= 11 is 0. The number of aliphatic imine (C=N–C) groups is 1. The van der Waals surface area contributed by atoms with Crippen LogP contribution in [0, 0.1) is 5.92 Å². The molecule has 0 amide bonds. The molecule has 2 heterocycles. The van der Waals surface area contributed by atoms with Gasteiger partial charge in [-0.3, -0.25) is 4.99 Å². The van der Waals surface area contributed by atoms with Crippen molar-refractivity contribution in [3.63, 3.8) is 0 Å². The Labute approximate surface area is 181 Å². The van der Waals surface area contributed by atoms with Gasteiger partial charge in [-0.05, 0) is 31.6 Å². The molecule has 8 heteroatoms. The third-order valence-electron chi connectivity index (χ3n) is 4.66. The molecule has 1 aliphatic rings. The number of guanidine groups is 1. The van der Waals surface area contributed by atoms with Gasteiger partial charge >= 0.3 is 0 Å². The first-order valence-electron chi connectivity index (χ1n) is 10.1. The Bertz CT molecular complexity index is 546. The van der Waals surface area contributed by atoms with Crippen molar-refractivity contribution in [2.45, 2.75) is 65.3 Å². The lowest BCUT2D eigenvalue weighted by molar-refractivity contribution is 0.128. The maximum Gasteiger partial charge on any atom is 0.191 e. The zero-order chi connectivity index (χ0) is 18.6. The number of nitrogens with one attached hydrogen (secondary N) is 2. The Kier molecular flexibility index (Phi) is 12.6. The molecule has 0 saturated heterocycles. The highest BCUT2D eigenvalue weighted by atomic mass is 127. The summed E-state index contributed by atoms with van der Waals surface area (Å²) in [6.45, 7) is 8.68. The maximum absolute atomic E-state index is 5.61. The minimum Gasteiger partial charge on any atom is -0.380 e. The third-order valence-corrected chi connectivity index (χ3v) is 4.66. The van der Waals surface area contributed by atoms with Crippen LogP contribution in [0.15, 0.2) is 4.99 Å². The Morgan fingerprint density at radius 2 is 1.96 bits per heavy atom. The van der Waals surface area contributed by atoms with Crippen molar-refractivity contribution in [2.75, 3.05) is 33.4 Å². The van der Waals surface area contributed by atoms with E-state index in [1.807, 2.05) is 0 Å². The van der Waals surface area contributed by atoms with Crippen LogP contribution in [0.25, 0.3) is 0 Å². The molecule has 2 N–H and O–H groups in total. The minimum absolute atomic E-state index is 0. The van der Waals surface area contributed by atoms with Crippen LogP contribution in [0.1, 0.15) is 57.6 Å². The van der Waals surface area contributed by atoms with E-state index in [1.54, 1.807) is 7.05 Å². The summed E-state index contributed by atoms with van der Waals surface area (Å²) < 4.78 is 7.94. The highest BCUT2D eigenvalue weighted by Gasteiger charge is 2.14. The SMILES string of the molecule is CN=C(NCCCc1nnc2n1CCCCC2)NCCOCCC(C)C.I. The molecule has 156 valence electrons. The molecule has 0 radical (unpaired) electrons. The first kappa shape index (κ1) is 24.1. The molecule has 1 aromatic rings. The highest BCUT2D eigenvalue weighted by molar-refractivity contribution is 14.0. The topological polar surface area (TPSA) is 76.4 Å². The van der Waals surface area contributed by atoms with E-state index in [-0.39, 0.29) is 24.0 Å². The van der Waals surface area contributed by atoms with E-state index in [4.69, 9.17) is 4.74 Å². The summed E-state index contributed by atoms with van der Waals surface area (Å²) in [5.74, 6) is 3.82. The van der Waals surface area contributed by atoms with Gasteiger partial charge in [0.25, 0.3) is 0 Å². The minimum atomic E-state index is 0. The van der Waals surface area contributed by atoms with Crippen molar-refractivity contribution >= 4 is 29.9 Å². The van der Waals surface area contributed by atoms with E-state index in [1.165, 1.54) is 25.1 Å². The van der Waals surface area contributed by atoms with Crippen LogP contribution in [0.4, 0.5) is 0 Å². The predicted octanol–water partition coefficient (Wildman–Crippen LogP) is 2.78. The number of rotatable bonds is 10. The van der Waals surface area contributed by atoms with E-state index in [9.17, 15) is 0 Å². The molecule has 0 aliphatic carbocycles. The van der Waals surface area contributed by atoms with Gasteiger partial charge in [-0.1, -0.05) is 20.3 Å². The molecule has 0 aromatic carbocycles. The molecule has 1 aromatic heterocycles. The van der Waals surface area contributed by atoms with E-state index in [0.717, 1.165) is 63.7 Å². The molecular weight excluding hydrogens is 455 g/mol. The standard InChI is InChI=1S/C19H36N6O.HI/c1-16(2)10-14-26-15-12-22-19(20-3)21-11-7-9-18-24-23-17-8-5-4-6-13-25(17)18;/h16H,4-15H2,1-3H3,(H2,20,21,22);1H. The molecular formula is C19H37IN6O. The van der Waals surface area contributed by atoms with Crippen molar-refractivity contribution in [3.05, 3.63) is 11.6 Å². The van der Waals surface area contributed by atoms with Gasteiger partial charge in [-0.2, -0.15) is 0 Å². The van der Waals surface area contributed by atoms with Gasteiger partial charge in [0, 0.05) is 46.1 Å². The highest BCUT2D eigenvalue weighted by Crippen LogP contribution is 2.15. The molecule has 0 fully saturated rings. The third kappa shape index (κ3) is 9.23. The fourth-order valence-corrected chi connectivity index (χ4v) is 3.07. The van der Waals surface area contributed by atoms with Crippen LogP contribution >= 0.6 is 24.0 Å². The molecule has 0 saturated carbocycles. The van der Waals surface area contributed by atoms with Gasteiger partial charge in [0.05, 0.1) is 6.61 Å². The zero-order valence-electron chi connectivity index (χ0n) is 17.2. The number of halogens is 1. The molecule has 7 nitrogen and oxygen atoms in total. The average molecular weight is 492 g/mol. The van der Waals surface area contributed by atoms with Crippen LogP contribution in [0.5, 0.6) is 0 Å². The second kappa shape index (κ2) is 14.1. The quantitative estimate of drug-likeness (QED) is 0.227. The van der Waals surface area contributed by atoms with Gasteiger partial charge in [0.15, 0.2) is 5.96 Å². The number of nitrogens with zero attached hydrogens (tertiary/aromatic N) is 4. The lowest BCUT2D eigenvalue weighted by Crippen LogP contribution is -2.39. The number of aryl methyl sites for hydroxylation is 2. The van der Waals surface area contributed by atoms with E-state index < -0.39 is 0 Å². The normalized spacial score (nSPS) is 14.4. The van der Waals surface area contributed by atoms with E-state index in [2.05, 4.69) is 44.2 Å². The number of hydrogen-bond donors (Lipinski definition) is 2.